The molecule has 0 bridgehead atoms. The van der Waals surface area contributed by atoms with Crippen molar-refractivity contribution in [2.24, 2.45) is 0 Å². The molecular formula is C55H36BrN. The molecule has 0 saturated carbocycles. The fourth-order valence-corrected chi connectivity index (χ4v) is 9.77. The van der Waals surface area contributed by atoms with E-state index >= 15 is 0 Å². The number of para-hydroxylation sites is 1. The predicted octanol–water partition coefficient (Wildman–Crippen LogP) is 14.9. The van der Waals surface area contributed by atoms with Crippen molar-refractivity contribution in [1.29, 1.82) is 0 Å². The molecule has 10 aromatic rings. The molecule has 11 rings (SSSR count). The number of benzene rings is 9. The molecule has 0 radical (unpaired) electrons. The first-order chi connectivity index (χ1) is 28.2. The van der Waals surface area contributed by atoms with E-state index in [1.807, 2.05) is 0 Å². The number of hydrogen-bond acceptors (Lipinski definition) is 0. The number of hydrogen-bond donors (Lipinski definition) is 0. The van der Waals surface area contributed by atoms with Crippen LogP contribution < -0.4 is 0 Å². The van der Waals surface area contributed by atoms with Crippen molar-refractivity contribution < 1.29 is 0 Å². The second-order valence-corrected chi connectivity index (χ2v) is 15.9. The molecule has 1 aliphatic carbocycles. The van der Waals surface area contributed by atoms with Crippen LogP contribution in [0.4, 0.5) is 0 Å². The van der Waals surface area contributed by atoms with Gasteiger partial charge < -0.3 is 4.57 Å². The van der Waals surface area contributed by atoms with Crippen LogP contribution in [0.15, 0.2) is 223 Å². The van der Waals surface area contributed by atoms with Crippen LogP contribution in [0.3, 0.4) is 0 Å². The molecule has 0 saturated heterocycles. The van der Waals surface area contributed by atoms with E-state index in [4.69, 9.17) is 0 Å². The summed E-state index contributed by atoms with van der Waals surface area (Å²) in [5, 5.41) is 2.48. The molecule has 0 amide bonds. The van der Waals surface area contributed by atoms with E-state index in [0.29, 0.717) is 0 Å². The van der Waals surface area contributed by atoms with E-state index in [-0.39, 0.29) is 0 Å². The van der Waals surface area contributed by atoms with Gasteiger partial charge in [-0.05, 0) is 115 Å². The van der Waals surface area contributed by atoms with Crippen molar-refractivity contribution in [1.82, 2.24) is 4.57 Å². The largest absolute Gasteiger partial charge is 0.309 e. The Morgan fingerprint density at radius 3 is 1.70 bits per heavy atom. The lowest BCUT2D eigenvalue weighted by atomic mass is 9.66. The highest BCUT2D eigenvalue weighted by molar-refractivity contribution is 9.10. The number of aromatic nitrogens is 1. The first-order valence-corrected chi connectivity index (χ1v) is 20.3. The van der Waals surface area contributed by atoms with Crippen molar-refractivity contribution >= 4 is 37.7 Å². The molecule has 0 spiro atoms. The summed E-state index contributed by atoms with van der Waals surface area (Å²) in [6, 6.07) is 80.3. The average Bonchev–Trinajstić information content (AvgIpc) is 3.78. The van der Waals surface area contributed by atoms with Crippen molar-refractivity contribution in [2.45, 2.75) is 5.41 Å². The number of fused-ring (bicyclic) bond motifs is 6. The molecule has 0 aliphatic heterocycles. The minimum Gasteiger partial charge on any atom is -0.309 e. The molecule has 1 nitrogen and oxygen atoms in total. The number of rotatable bonds is 6. The SMILES string of the molecule is Brc1ccc(-c2cccc(-c3ccc4c(c3)c3ccccc3n4-c3cccc(-c4cccc5c4C(c4ccccc4)(c4ccccc4)c4ccccc4-5)c3)c2)cc1. The summed E-state index contributed by atoms with van der Waals surface area (Å²) >= 11 is 3.58. The third-order valence-corrected chi connectivity index (χ3v) is 12.5. The average molecular weight is 791 g/mol. The van der Waals surface area contributed by atoms with E-state index < -0.39 is 5.41 Å². The predicted molar refractivity (Wildman–Crippen MR) is 242 cm³/mol. The lowest BCUT2D eigenvalue weighted by Crippen LogP contribution is -2.29. The minimum atomic E-state index is -0.487. The molecule has 1 heterocycles. The fourth-order valence-electron chi connectivity index (χ4n) is 9.51. The van der Waals surface area contributed by atoms with Gasteiger partial charge in [-0.1, -0.05) is 186 Å². The molecule has 57 heavy (non-hydrogen) atoms. The molecule has 1 aromatic heterocycles. The highest BCUT2D eigenvalue weighted by Crippen LogP contribution is 2.58. The lowest BCUT2D eigenvalue weighted by Gasteiger charge is -2.35. The first kappa shape index (κ1) is 33.6. The Labute approximate surface area is 341 Å². The van der Waals surface area contributed by atoms with Crippen LogP contribution in [0.2, 0.25) is 0 Å². The maximum absolute atomic E-state index is 3.58. The molecule has 1 aliphatic rings. The number of nitrogens with zero attached hydrogens (tertiary/aromatic N) is 1. The molecule has 9 aromatic carbocycles. The minimum absolute atomic E-state index is 0.487. The molecule has 0 N–H and O–H groups in total. The smallest absolute Gasteiger partial charge is 0.0719 e. The number of halogens is 1. The van der Waals surface area contributed by atoms with Gasteiger partial charge >= 0.3 is 0 Å². The van der Waals surface area contributed by atoms with Gasteiger partial charge in [0.2, 0.25) is 0 Å². The summed E-state index contributed by atoms with van der Waals surface area (Å²) in [6.07, 6.45) is 0. The van der Waals surface area contributed by atoms with E-state index in [2.05, 4.69) is 239 Å². The second kappa shape index (κ2) is 13.5. The molecule has 0 atom stereocenters. The van der Waals surface area contributed by atoms with Crippen LogP contribution in [0.5, 0.6) is 0 Å². The van der Waals surface area contributed by atoms with E-state index in [1.54, 1.807) is 0 Å². The third-order valence-electron chi connectivity index (χ3n) is 11.9. The lowest BCUT2D eigenvalue weighted by molar-refractivity contribution is 0.770. The summed E-state index contributed by atoms with van der Waals surface area (Å²) in [4.78, 5) is 0. The standard InChI is InChI=1S/C55H36BrN/c56-44-31-28-37(29-32-44)38-14-11-15-39(34-38)40-30-33-53-50(36-40)48-23-8-10-27-52(48)57(53)45-21-12-16-41(35-45)46-24-13-25-49-47-22-7-9-26-51(47)55(54(46)49,42-17-3-1-4-18-42)43-19-5-2-6-20-43/h1-36H. The van der Waals surface area contributed by atoms with Gasteiger partial charge in [-0.3, -0.25) is 0 Å². The first-order valence-electron chi connectivity index (χ1n) is 19.5. The third kappa shape index (κ3) is 5.29. The molecule has 0 unspecified atom stereocenters. The van der Waals surface area contributed by atoms with Gasteiger partial charge in [-0.15, -0.1) is 0 Å². The van der Waals surface area contributed by atoms with Gasteiger partial charge in [-0.25, -0.2) is 0 Å². The summed E-state index contributed by atoms with van der Waals surface area (Å²) in [5.41, 5.74) is 18.1. The van der Waals surface area contributed by atoms with Crippen LogP contribution in [0.1, 0.15) is 22.3 Å². The molecular weight excluding hydrogens is 755 g/mol. The highest BCUT2D eigenvalue weighted by atomic mass is 79.9. The Morgan fingerprint density at radius 2 is 0.912 bits per heavy atom. The maximum atomic E-state index is 3.58. The zero-order valence-electron chi connectivity index (χ0n) is 31.1. The highest BCUT2D eigenvalue weighted by Gasteiger charge is 2.47. The van der Waals surface area contributed by atoms with Crippen LogP contribution >= 0.6 is 15.9 Å². The van der Waals surface area contributed by atoms with Gasteiger partial charge in [0.25, 0.3) is 0 Å². The van der Waals surface area contributed by atoms with Crippen molar-refractivity contribution in [3.05, 3.63) is 245 Å². The fraction of sp³-hybridized carbons (Fsp3) is 0.0182. The Bertz CT molecular complexity index is 3080. The van der Waals surface area contributed by atoms with Crippen molar-refractivity contribution in [2.75, 3.05) is 0 Å². The summed E-state index contributed by atoms with van der Waals surface area (Å²) in [5.74, 6) is 0. The van der Waals surface area contributed by atoms with Crippen LogP contribution in [0.25, 0.3) is 72.0 Å². The van der Waals surface area contributed by atoms with E-state index in [0.717, 1.165) is 10.2 Å². The topological polar surface area (TPSA) is 4.93 Å². The van der Waals surface area contributed by atoms with Crippen LogP contribution in [-0.4, -0.2) is 4.57 Å². The normalized spacial score (nSPS) is 12.8. The Morgan fingerprint density at radius 1 is 0.351 bits per heavy atom. The molecule has 2 heteroatoms. The molecule has 0 fully saturated rings. The van der Waals surface area contributed by atoms with Gasteiger partial charge in [0.05, 0.1) is 16.4 Å². The zero-order chi connectivity index (χ0) is 37.9. The Kier molecular flexibility index (Phi) is 7.94. The van der Waals surface area contributed by atoms with Crippen molar-refractivity contribution in [3.63, 3.8) is 0 Å². The van der Waals surface area contributed by atoms with Gasteiger partial charge in [0.1, 0.15) is 0 Å². The summed E-state index contributed by atoms with van der Waals surface area (Å²) < 4.78 is 3.52. The quantitative estimate of drug-likeness (QED) is 0.158. The molecule has 268 valence electrons. The summed E-state index contributed by atoms with van der Waals surface area (Å²) in [7, 11) is 0. The monoisotopic (exact) mass is 789 g/mol. The van der Waals surface area contributed by atoms with Gasteiger partial charge in [0.15, 0.2) is 0 Å². The van der Waals surface area contributed by atoms with Crippen LogP contribution in [0, 0.1) is 0 Å². The van der Waals surface area contributed by atoms with E-state index in [9.17, 15) is 0 Å². The summed E-state index contributed by atoms with van der Waals surface area (Å²) in [6.45, 7) is 0. The maximum Gasteiger partial charge on any atom is 0.0719 e. The second-order valence-electron chi connectivity index (χ2n) is 15.0. The van der Waals surface area contributed by atoms with Crippen molar-refractivity contribution in [3.8, 4) is 50.2 Å². The Balaban J connectivity index is 1.10. The van der Waals surface area contributed by atoms with Gasteiger partial charge in [-0.2, -0.15) is 0 Å². The van der Waals surface area contributed by atoms with Crippen LogP contribution in [-0.2, 0) is 5.41 Å². The van der Waals surface area contributed by atoms with E-state index in [1.165, 1.54) is 88.6 Å². The zero-order valence-corrected chi connectivity index (χ0v) is 32.7. The Hall–Kier alpha value is -6.74. The van der Waals surface area contributed by atoms with Gasteiger partial charge in [0, 0.05) is 20.9 Å².